The molecule has 0 saturated carbocycles. The van der Waals surface area contributed by atoms with Gasteiger partial charge >= 0.3 is 5.97 Å². The molecule has 0 amide bonds. The maximum absolute atomic E-state index is 12.5. The van der Waals surface area contributed by atoms with Gasteiger partial charge in [-0.05, 0) is 6.07 Å². The molecule has 72 valence electrons. The van der Waals surface area contributed by atoms with E-state index in [1.54, 1.807) is 6.07 Å². The number of halogens is 1. The number of carbonyl (C=O) groups is 1. The Bertz CT molecular complexity index is 393. The monoisotopic (exact) mass is 193 g/mol. The van der Waals surface area contributed by atoms with Gasteiger partial charge in [-0.3, -0.25) is 4.79 Å². The first-order valence-corrected chi connectivity index (χ1v) is 3.89. The van der Waals surface area contributed by atoms with Gasteiger partial charge in [0.05, 0.1) is 7.11 Å². The molecule has 0 bridgehead atoms. The fourth-order valence-electron chi connectivity index (χ4n) is 0.771. The molecule has 0 radical (unpaired) electrons. The minimum absolute atomic E-state index is 0.000438. The van der Waals surface area contributed by atoms with E-state index in [4.69, 9.17) is 0 Å². The second-order valence-electron chi connectivity index (χ2n) is 2.42. The Labute approximate surface area is 80.9 Å². The summed E-state index contributed by atoms with van der Waals surface area (Å²) in [6, 6.07) is 2.76. The molecule has 1 rings (SSSR count). The second-order valence-corrected chi connectivity index (χ2v) is 2.42. The van der Waals surface area contributed by atoms with E-state index in [1.165, 1.54) is 19.4 Å². The van der Waals surface area contributed by atoms with Gasteiger partial charge in [-0.2, -0.15) is 4.39 Å². The zero-order chi connectivity index (χ0) is 10.4. The highest BCUT2D eigenvalue weighted by Crippen LogP contribution is 1.97. The van der Waals surface area contributed by atoms with Crippen LogP contribution in [-0.4, -0.2) is 18.1 Å². The molecule has 0 N–H and O–H groups in total. The van der Waals surface area contributed by atoms with Crippen LogP contribution in [0.4, 0.5) is 4.39 Å². The molecule has 1 heterocycles. The number of aromatic nitrogens is 1. The van der Waals surface area contributed by atoms with E-state index >= 15 is 0 Å². The molecule has 0 atom stereocenters. The third-order valence-electron chi connectivity index (χ3n) is 1.42. The van der Waals surface area contributed by atoms with Crippen LogP contribution in [0, 0.1) is 17.8 Å². The molecule has 0 saturated heterocycles. The van der Waals surface area contributed by atoms with Crippen LogP contribution in [0.5, 0.6) is 0 Å². The standard InChI is InChI=1S/C10H8FNO2/c1-14-10(13)4-2-3-8-5-6-12-9(11)7-8/h5-7H,4H2,1H3. The molecule has 0 unspecified atom stereocenters. The first-order chi connectivity index (χ1) is 6.72. The minimum atomic E-state index is -0.588. The molecule has 0 fully saturated rings. The summed E-state index contributed by atoms with van der Waals surface area (Å²) < 4.78 is 16.9. The van der Waals surface area contributed by atoms with Crippen molar-refractivity contribution in [3.63, 3.8) is 0 Å². The number of rotatable bonds is 1. The Hall–Kier alpha value is -1.89. The van der Waals surface area contributed by atoms with E-state index in [2.05, 4.69) is 21.6 Å². The van der Waals surface area contributed by atoms with Gasteiger partial charge in [0, 0.05) is 17.8 Å². The van der Waals surface area contributed by atoms with Crippen molar-refractivity contribution >= 4 is 5.97 Å². The van der Waals surface area contributed by atoms with Crippen molar-refractivity contribution in [1.29, 1.82) is 0 Å². The molecule has 0 aromatic carbocycles. The van der Waals surface area contributed by atoms with E-state index in [0.717, 1.165) is 0 Å². The highest BCUT2D eigenvalue weighted by molar-refractivity contribution is 5.72. The van der Waals surface area contributed by atoms with Crippen LogP contribution in [0.15, 0.2) is 18.3 Å². The summed E-state index contributed by atoms with van der Waals surface area (Å²) in [7, 11) is 1.29. The fraction of sp³-hybridized carbons (Fsp3) is 0.200. The van der Waals surface area contributed by atoms with Crippen LogP contribution in [-0.2, 0) is 9.53 Å². The maximum atomic E-state index is 12.5. The van der Waals surface area contributed by atoms with E-state index < -0.39 is 11.9 Å². The number of methoxy groups -OCH3 is 1. The molecule has 14 heavy (non-hydrogen) atoms. The number of ether oxygens (including phenoxy) is 1. The summed E-state index contributed by atoms with van der Waals surface area (Å²) in [5, 5.41) is 0. The summed E-state index contributed by atoms with van der Waals surface area (Å²) in [6.07, 6.45) is 1.32. The number of hydrogen-bond acceptors (Lipinski definition) is 3. The average molecular weight is 193 g/mol. The van der Waals surface area contributed by atoms with Gasteiger partial charge in [0.1, 0.15) is 6.42 Å². The van der Waals surface area contributed by atoms with E-state index in [0.29, 0.717) is 5.56 Å². The van der Waals surface area contributed by atoms with Crippen LogP contribution in [0.3, 0.4) is 0 Å². The molecule has 0 aliphatic carbocycles. The molecule has 1 aromatic heterocycles. The molecule has 0 aliphatic rings. The Morgan fingerprint density at radius 3 is 3.14 bits per heavy atom. The maximum Gasteiger partial charge on any atom is 0.317 e. The molecule has 1 aromatic rings. The highest BCUT2D eigenvalue weighted by Gasteiger charge is 1.94. The van der Waals surface area contributed by atoms with Gasteiger partial charge in [-0.15, -0.1) is 0 Å². The van der Waals surface area contributed by atoms with Crippen LogP contribution >= 0.6 is 0 Å². The summed E-state index contributed by atoms with van der Waals surface area (Å²) in [5.74, 6) is 4.18. The Morgan fingerprint density at radius 1 is 1.71 bits per heavy atom. The fourth-order valence-corrected chi connectivity index (χ4v) is 0.771. The van der Waals surface area contributed by atoms with E-state index in [9.17, 15) is 9.18 Å². The van der Waals surface area contributed by atoms with Crippen molar-refractivity contribution in [2.45, 2.75) is 6.42 Å². The SMILES string of the molecule is COC(=O)CC#Cc1ccnc(F)c1. The molecular formula is C10H8FNO2. The second kappa shape index (κ2) is 4.97. The van der Waals surface area contributed by atoms with Crippen LogP contribution in [0.25, 0.3) is 0 Å². The normalized spacial score (nSPS) is 8.71. The van der Waals surface area contributed by atoms with Crippen molar-refractivity contribution < 1.29 is 13.9 Å². The quantitative estimate of drug-likeness (QED) is 0.381. The zero-order valence-electron chi connectivity index (χ0n) is 7.58. The third kappa shape index (κ3) is 3.23. The van der Waals surface area contributed by atoms with Crippen molar-refractivity contribution in [3.8, 4) is 11.8 Å². The molecule has 4 heteroatoms. The first kappa shape index (κ1) is 10.2. The Balaban J connectivity index is 2.64. The number of pyridine rings is 1. The van der Waals surface area contributed by atoms with Gasteiger partial charge in [0.15, 0.2) is 0 Å². The van der Waals surface area contributed by atoms with Crippen LogP contribution in [0.1, 0.15) is 12.0 Å². The van der Waals surface area contributed by atoms with Crippen LogP contribution < -0.4 is 0 Å². The summed E-state index contributed by atoms with van der Waals surface area (Å²) in [4.78, 5) is 14.0. The topological polar surface area (TPSA) is 39.2 Å². The van der Waals surface area contributed by atoms with Gasteiger partial charge < -0.3 is 4.74 Å². The summed E-state index contributed by atoms with van der Waals surface area (Å²) >= 11 is 0. The largest absolute Gasteiger partial charge is 0.468 e. The highest BCUT2D eigenvalue weighted by atomic mass is 19.1. The minimum Gasteiger partial charge on any atom is -0.468 e. The molecular weight excluding hydrogens is 185 g/mol. The third-order valence-corrected chi connectivity index (χ3v) is 1.42. The van der Waals surface area contributed by atoms with Gasteiger partial charge in [-0.1, -0.05) is 11.8 Å². The lowest BCUT2D eigenvalue weighted by atomic mass is 10.2. The Morgan fingerprint density at radius 2 is 2.50 bits per heavy atom. The summed E-state index contributed by atoms with van der Waals surface area (Å²) in [5.41, 5.74) is 0.487. The number of esters is 1. The lowest BCUT2D eigenvalue weighted by Gasteiger charge is -1.90. The number of carbonyl (C=O) groups excluding carboxylic acids is 1. The van der Waals surface area contributed by atoms with E-state index in [-0.39, 0.29) is 6.42 Å². The smallest absolute Gasteiger partial charge is 0.317 e. The number of nitrogens with zero attached hydrogens (tertiary/aromatic N) is 1. The number of hydrogen-bond donors (Lipinski definition) is 0. The van der Waals surface area contributed by atoms with Gasteiger partial charge in [0.25, 0.3) is 0 Å². The van der Waals surface area contributed by atoms with Crippen molar-refractivity contribution in [3.05, 3.63) is 29.8 Å². The van der Waals surface area contributed by atoms with Crippen molar-refractivity contribution in [2.24, 2.45) is 0 Å². The molecule has 0 aliphatic heterocycles. The van der Waals surface area contributed by atoms with Crippen molar-refractivity contribution in [1.82, 2.24) is 4.98 Å². The predicted molar refractivity (Wildman–Crippen MR) is 47.7 cm³/mol. The molecule has 0 spiro atoms. The first-order valence-electron chi connectivity index (χ1n) is 3.89. The summed E-state index contributed by atoms with van der Waals surface area (Å²) in [6.45, 7) is 0. The van der Waals surface area contributed by atoms with Crippen LogP contribution in [0.2, 0.25) is 0 Å². The zero-order valence-corrected chi connectivity index (χ0v) is 7.58. The predicted octanol–water partition coefficient (Wildman–Crippen LogP) is 1.14. The Kier molecular flexibility index (Phi) is 3.62. The van der Waals surface area contributed by atoms with Gasteiger partial charge in [0.2, 0.25) is 5.95 Å². The lowest BCUT2D eigenvalue weighted by Crippen LogP contribution is -1.97. The average Bonchev–Trinajstić information content (AvgIpc) is 2.17. The van der Waals surface area contributed by atoms with E-state index in [1.807, 2.05) is 0 Å². The van der Waals surface area contributed by atoms with Gasteiger partial charge in [-0.25, -0.2) is 4.98 Å². The van der Waals surface area contributed by atoms with Crippen molar-refractivity contribution in [2.75, 3.05) is 7.11 Å². The lowest BCUT2D eigenvalue weighted by molar-refractivity contribution is -0.139. The molecule has 3 nitrogen and oxygen atoms in total.